The van der Waals surface area contributed by atoms with Crippen LogP contribution >= 0.6 is 0 Å². The highest BCUT2D eigenvalue weighted by atomic mass is 16.5. The number of methoxy groups -OCH3 is 2. The zero-order chi connectivity index (χ0) is 14.5. The summed E-state index contributed by atoms with van der Waals surface area (Å²) in [5.41, 5.74) is 0. The Bertz CT molecular complexity index is 261. The van der Waals surface area contributed by atoms with Crippen molar-refractivity contribution in [3.63, 3.8) is 0 Å². The SMILES string of the molecule is COCCCNC(=O)CNC(C)C(=O)NCCOC. The van der Waals surface area contributed by atoms with Gasteiger partial charge in [-0.05, 0) is 13.3 Å². The van der Waals surface area contributed by atoms with E-state index in [-0.39, 0.29) is 18.4 Å². The summed E-state index contributed by atoms with van der Waals surface area (Å²) in [5, 5.41) is 8.28. The summed E-state index contributed by atoms with van der Waals surface area (Å²) in [4.78, 5) is 23.0. The highest BCUT2D eigenvalue weighted by Crippen LogP contribution is 1.82. The second kappa shape index (κ2) is 11.9. The van der Waals surface area contributed by atoms with Crippen LogP contribution < -0.4 is 16.0 Å². The number of amides is 2. The summed E-state index contributed by atoms with van der Waals surface area (Å²) >= 11 is 0. The molecule has 0 radical (unpaired) electrons. The van der Waals surface area contributed by atoms with Gasteiger partial charge in [0.05, 0.1) is 19.2 Å². The summed E-state index contributed by atoms with van der Waals surface area (Å²) < 4.78 is 9.69. The maximum atomic E-state index is 11.6. The predicted octanol–water partition coefficient (Wildman–Crippen LogP) is -1.12. The monoisotopic (exact) mass is 275 g/mol. The third-order valence-corrected chi connectivity index (χ3v) is 2.41. The van der Waals surface area contributed by atoms with Crippen LogP contribution in [0.2, 0.25) is 0 Å². The van der Waals surface area contributed by atoms with Gasteiger partial charge in [-0.15, -0.1) is 0 Å². The first-order chi connectivity index (χ1) is 9.11. The molecule has 0 saturated heterocycles. The van der Waals surface area contributed by atoms with Crippen molar-refractivity contribution in [1.29, 1.82) is 0 Å². The number of hydrogen-bond donors (Lipinski definition) is 3. The minimum absolute atomic E-state index is 0.117. The fourth-order valence-electron chi connectivity index (χ4n) is 1.27. The third-order valence-electron chi connectivity index (χ3n) is 2.41. The van der Waals surface area contributed by atoms with Crippen molar-refractivity contribution in [3.05, 3.63) is 0 Å². The molecule has 19 heavy (non-hydrogen) atoms. The molecule has 0 rings (SSSR count). The second-order valence-electron chi connectivity index (χ2n) is 4.08. The number of carbonyl (C=O) groups excluding carboxylic acids is 2. The van der Waals surface area contributed by atoms with Crippen molar-refractivity contribution < 1.29 is 19.1 Å². The lowest BCUT2D eigenvalue weighted by Gasteiger charge is -2.13. The Morgan fingerprint density at radius 1 is 1.05 bits per heavy atom. The summed E-state index contributed by atoms with van der Waals surface area (Å²) in [5.74, 6) is -0.281. The number of carbonyl (C=O) groups is 2. The van der Waals surface area contributed by atoms with E-state index < -0.39 is 6.04 Å². The zero-order valence-electron chi connectivity index (χ0n) is 12.0. The fourth-order valence-corrected chi connectivity index (χ4v) is 1.27. The van der Waals surface area contributed by atoms with Crippen molar-refractivity contribution in [3.8, 4) is 0 Å². The molecular weight excluding hydrogens is 250 g/mol. The minimum Gasteiger partial charge on any atom is -0.385 e. The lowest BCUT2D eigenvalue weighted by Crippen LogP contribution is -2.46. The molecule has 0 aliphatic rings. The van der Waals surface area contributed by atoms with Gasteiger partial charge in [-0.1, -0.05) is 0 Å². The average Bonchev–Trinajstić information content (AvgIpc) is 2.41. The minimum atomic E-state index is -0.415. The zero-order valence-corrected chi connectivity index (χ0v) is 12.0. The Kier molecular flexibility index (Phi) is 11.1. The van der Waals surface area contributed by atoms with Crippen molar-refractivity contribution in [1.82, 2.24) is 16.0 Å². The van der Waals surface area contributed by atoms with Crippen molar-refractivity contribution in [2.75, 3.05) is 47.1 Å². The molecule has 0 bridgehead atoms. The summed E-state index contributed by atoms with van der Waals surface area (Å²) in [6, 6.07) is -0.415. The van der Waals surface area contributed by atoms with Crippen LogP contribution in [0.15, 0.2) is 0 Å². The fraction of sp³-hybridized carbons (Fsp3) is 0.833. The Morgan fingerprint density at radius 3 is 2.37 bits per heavy atom. The number of rotatable bonds is 11. The van der Waals surface area contributed by atoms with Crippen LogP contribution in [0.25, 0.3) is 0 Å². The molecule has 0 aliphatic heterocycles. The first-order valence-electron chi connectivity index (χ1n) is 6.37. The van der Waals surface area contributed by atoms with Gasteiger partial charge >= 0.3 is 0 Å². The molecule has 3 N–H and O–H groups in total. The Morgan fingerprint density at radius 2 is 1.74 bits per heavy atom. The first-order valence-corrected chi connectivity index (χ1v) is 6.37. The molecule has 1 unspecified atom stereocenters. The summed E-state index contributed by atoms with van der Waals surface area (Å²) in [6.07, 6.45) is 0.773. The number of nitrogens with one attached hydrogen (secondary N) is 3. The standard InChI is InChI=1S/C12H25N3O4/c1-10(12(17)14-6-8-19-3)15-9-11(16)13-5-4-7-18-2/h10,15H,4-9H2,1-3H3,(H,13,16)(H,14,17). The van der Waals surface area contributed by atoms with E-state index in [1.54, 1.807) is 21.1 Å². The molecular formula is C12H25N3O4. The van der Waals surface area contributed by atoms with E-state index in [0.29, 0.717) is 26.3 Å². The summed E-state index contributed by atoms with van der Waals surface area (Å²) in [7, 11) is 3.19. The highest BCUT2D eigenvalue weighted by Gasteiger charge is 2.12. The smallest absolute Gasteiger partial charge is 0.236 e. The van der Waals surface area contributed by atoms with E-state index >= 15 is 0 Å². The highest BCUT2D eigenvalue weighted by molar-refractivity contribution is 5.83. The largest absolute Gasteiger partial charge is 0.385 e. The number of hydrogen-bond acceptors (Lipinski definition) is 5. The Balaban J connectivity index is 3.61. The van der Waals surface area contributed by atoms with Gasteiger partial charge in [0.25, 0.3) is 0 Å². The molecule has 0 aliphatic carbocycles. The lowest BCUT2D eigenvalue weighted by molar-refractivity contribution is -0.123. The molecule has 1 atom stereocenters. The molecule has 0 heterocycles. The van der Waals surface area contributed by atoms with Crippen LogP contribution in [-0.2, 0) is 19.1 Å². The van der Waals surface area contributed by atoms with E-state index in [2.05, 4.69) is 16.0 Å². The van der Waals surface area contributed by atoms with Gasteiger partial charge in [0.2, 0.25) is 11.8 Å². The van der Waals surface area contributed by atoms with Crippen molar-refractivity contribution in [2.45, 2.75) is 19.4 Å². The Hall–Kier alpha value is -1.18. The summed E-state index contributed by atoms with van der Waals surface area (Å²) in [6.45, 7) is 3.95. The molecule has 0 aromatic carbocycles. The van der Waals surface area contributed by atoms with Crippen LogP contribution in [0.4, 0.5) is 0 Å². The van der Waals surface area contributed by atoms with E-state index in [4.69, 9.17) is 9.47 Å². The van der Waals surface area contributed by atoms with Crippen LogP contribution in [-0.4, -0.2) is 64.9 Å². The van der Waals surface area contributed by atoms with Crippen LogP contribution in [0.1, 0.15) is 13.3 Å². The third kappa shape index (κ3) is 10.4. The number of ether oxygens (including phenoxy) is 2. The normalized spacial score (nSPS) is 11.9. The van der Waals surface area contributed by atoms with Gasteiger partial charge in [-0.3, -0.25) is 14.9 Å². The van der Waals surface area contributed by atoms with Gasteiger partial charge in [0.1, 0.15) is 0 Å². The molecule has 0 saturated carbocycles. The second-order valence-corrected chi connectivity index (χ2v) is 4.08. The Labute approximate surface area is 114 Å². The van der Waals surface area contributed by atoms with Gasteiger partial charge in [-0.2, -0.15) is 0 Å². The predicted molar refractivity (Wildman–Crippen MR) is 71.9 cm³/mol. The van der Waals surface area contributed by atoms with Crippen LogP contribution in [0.5, 0.6) is 0 Å². The van der Waals surface area contributed by atoms with E-state index in [9.17, 15) is 9.59 Å². The van der Waals surface area contributed by atoms with Crippen molar-refractivity contribution in [2.24, 2.45) is 0 Å². The molecule has 2 amide bonds. The lowest BCUT2D eigenvalue weighted by atomic mass is 10.3. The van der Waals surface area contributed by atoms with Gasteiger partial charge < -0.3 is 20.1 Å². The maximum absolute atomic E-state index is 11.6. The van der Waals surface area contributed by atoms with E-state index in [0.717, 1.165) is 6.42 Å². The molecule has 7 heteroatoms. The molecule has 0 spiro atoms. The molecule has 0 aromatic rings. The maximum Gasteiger partial charge on any atom is 0.236 e. The van der Waals surface area contributed by atoms with Crippen molar-refractivity contribution >= 4 is 11.8 Å². The average molecular weight is 275 g/mol. The molecule has 0 aromatic heterocycles. The first kappa shape index (κ1) is 17.8. The van der Waals surface area contributed by atoms with E-state index in [1.807, 2.05) is 0 Å². The topological polar surface area (TPSA) is 88.7 Å². The molecule has 0 fully saturated rings. The van der Waals surface area contributed by atoms with Crippen LogP contribution in [0.3, 0.4) is 0 Å². The molecule has 112 valence electrons. The van der Waals surface area contributed by atoms with Gasteiger partial charge in [0.15, 0.2) is 0 Å². The van der Waals surface area contributed by atoms with Gasteiger partial charge in [-0.25, -0.2) is 0 Å². The van der Waals surface area contributed by atoms with E-state index in [1.165, 1.54) is 0 Å². The molecule has 7 nitrogen and oxygen atoms in total. The van der Waals surface area contributed by atoms with Gasteiger partial charge in [0, 0.05) is 33.9 Å². The van der Waals surface area contributed by atoms with Crippen LogP contribution in [0, 0.1) is 0 Å². The quantitative estimate of drug-likeness (QED) is 0.416.